The first-order valence-electron chi connectivity index (χ1n) is 8.13. The highest BCUT2D eigenvalue weighted by Crippen LogP contribution is 2.21. The van der Waals surface area contributed by atoms with E-state index >= 15 is 0 Å². The number of aryl methyl sites for hydroxylation is 1. The highest BCUT2D eigenvalue weighted by atomic mass is 35.5. The van der Waals surface area contributed by atoms with Gasteiger partial charge in [-0.3, -0.25) is 4.79 Å². The molecule has 1 saturated heterocycles. The molecule has 6 nitrogen and oxygen atoms in total. The number of hydrogen-bond acceptors (Lipinski definition) is 6. The van der Waals surface area contributed by atoms with Gasteiger partial charge in [0.15, 0.2) is 0 Å². The Hall–Kier alpha value is -0.920. The summed E-state index contributed by atoms with van der Waals surface area (Å²) in [6, 6.07) is 0. The monoisotopic (exact) mass is 361 g/mol. The minimum Gasteiger partial charge on any atom is -0.345 e. The largest absolute Gasteiger partial charge is 0.345 e. The summed E-state index contributed by atoms with van der Waals surface area (Å²) >= 11 is 1.45. The molecule has 0 aromatic carbocycles. The number of carbonyl (C=O) groups is 1. The van der Waals surface area contributed by atoms with Gasteiger partial charge in [-0.1, -0.05) is 20.3 Å². The van der Waals surface area contributed by atoms with Crippen molar-refractivity contribution < 1.29 is 4.79 Å². The molecule has 2 N–H and O–H groups in total. The van der Waals surface area contributed by atoms with Crippen molar-refractivity contribution in [3.63, 3.8) is 0 Å². The van der Waals surface area contributed by atoms with Crippen LogP contribution in [0, 0.1) is 0 Å². The van der Waals surface area contributed by atoms with Crippen LogP contribution in [0.15, 0.2) is 0 Å². The molecule has 2 heterocycles. The van der Waals surface area contributed by atoms with Gasteiger partial charge in [-0.25, -0.2) is 4.98 Å². The molecule has 0 bridgehead atoms. The predicted molar refractivity (Wildman–Crippen MR) is 97.4 cm³/mol. The third-order valence-electron chi connectivity index (χ3n) is 4.09. The number of hydrogen-bond donors (Lipinski definition) is 1. The summed E-state index contributed by atoms with van der Waals surface area (Å²) in [7, 11) is 0. The Bertz CT molecular complexity index is 508. The average Bonchev–Trinajstić information content (AvgIpc) is 2.83. The molecule has 0 saturated carbocycles. The summed E-state index contributed by atoms with van der Waals surface area (Å²) in [5.74, 6) is 0.970. The molecule has 0 aliphatic carbocycles. The first-order chi connectivity index (χ1) is 10.5. The molecule has 1 fully saturated rings. The average molecular weight is 362 g/mol. The molecule has 1 aromatic heterocycles. The topological polar surface area (TPSA) is 75.4 Å². The van der Waals surface area contributed by atoms with Crippen LogP contribution in [0.3, 0.4) is 0 Å². The van der Waals surface area contributed by atoms with Crippen LogP contribution in [0.25, 0.3) is 0 Å². The van der Waals surface area contributed by atoms with E-state index in [2.05, 4.69) is 28.1 Å². The maximum atomic E-state index is 12.6. The lowest BCUT2D eigenvalue weighted by molar-refractivity contribution is -0.136. The van der Waals surface area contributed by atoms with Gasteiger partial charge in [0.25, 0.3) is 0 Å². The van der Waals surface area contributed by atoms with Crippen LogP contribution < -0.4 is 10.6 Å². The van der Waals surface area contributed by atoms with Crippen molar-refractivity contribution in [3.8, 4) is 0 Å². The van der Waals surface area contributed by atoms with Crippen molar-refractivity contribution in [2.75, 3.05) is 31.1 Å². The molecule has 1 aliphatic rings. The molecule has 23 heavy (non-hydrogen) atoms. The van der Waals surface area contributed by atoms with Crippen LogP contribution in [-0.2, 0) is 11.2 Å². The quantitative estimate of drug-likeness (QED) is 0.868. The van der Waals surface area contributed by atoms with E-state index in [0.717, 1.165) is 56.3 Å². The Morgan fingerprint density at radius 1 is 1.30 bits per heavy atom. The van der Waals surface area contributed by atoms with E-state index in [-0.39, 0.29) is 18.3 Å². The van der Waals surface area contributed by atoms with Crippen molar-refractivity contribution in [2.24, 2.45) is 5.73 Å². The minimum atomic E-state index is -0.748. The Labute approximate surface area is 149 Å². The molecule has 1 aromatic rings. The van der Waals surface area contributed by atoms with E-state index < -0.39 is 5.54 Å². The van der Waals surface area contributed by atoms with Crippen molar-refractivity contribution in [3.05, 3.63) is 5.82 Å². The van der Waals surface area contributed by atoms with E-state index in [0.29, 0.717) is 6.54 Å². The lowest BCUT2D eigenvalue weighted by Gasteiger charge is -2.30. The number of carbonyl (C=O) groups excluding carboxylic acids is 1. The normalized spacial score (nSPS) is 18.1. The number of halogens is 1. The Morgan fingerprint density at radius 2 is 2.04 bits per heavy atom. The van der Waals surface area contributed by atoms with Crippen molar-refractivity contribution in [1.82, 2.24) is 14.3 Å². The van der Waals surface area contributed by atoms with Crippen LogP contribution >= 0.6 is 23.9 Å². The van der Waals surface area contributed by atoms with Gasteiger partial charge >= 0.3 is 0 Å². The van der Waals surface area contributed by atoms with Gasteiger partial charge in [0, 0.05) is 44.1 Å². The zero-order chi connectivity index (χ0) is 16.2. The molecule has 1 aliphatic heterocycles. The van der Waals surface area contributed by atoms with Crippen LogP contribution in [0.1, 0.15) is 45.9 Å². The lowest BCUT2D eigenvalue weighted by atomic mass is 9.95. The summed E-state index contributed by atoms with van der Waals surface area (Å²) in [6.45, 7) is 9.15. The van der Waals surface area contributed by atoms with Crippen molar-refractivity contribution in [1.29, 1.82) is 0 Å². The molecule has 1 amide bonds. The number of nitrogens with two attached hydrogens (primary N) is 1. The van der Waals surface area contributed by atoms with Gasteiger partial charge in [0.2, 0.25) is 11.0 Å². The van der Waals surface area contributed by atoms with Gasteiger partial charge in [0.05, 0.1) is 5.54 Å². The fourth-order valence-corrected chi connectivity index (χ4v) is 3.62. The first kappa shape index (κ1) is 20.1. The number of aromatic nitrogens is 2. The van der Waals surface area contributed by atoms with E-state index in [1.54, 1.807) is 0 Å². The highest BCUT2D eigenvalue weighted by Gasteiger charge is 2.32. The SMILES string of the molecule is CCCC(C)(N)C(=O)N1CCCN(c2nc(CC)ns2)CC1.Cl. The smallest absolute Gasteiger partial charge is 0.242 e. The van der Waals surface area contributed by atoms with E-state index in [9.17, 15) is 4.79 Å². The minimum absolute atomic E-state index is 0. The zero-order valence-corrected chi connectivity index (χ0v) is 15.9. The molecule has 1 atom stereocenters. The Kier molecular flexibility index (Phi) is 7.70. The second-order valence-corrected chi connectivity index (χ2v) is 6.88. The molecule has 0 radical (unpaired) electrons. The summed E-state index contributed by atoms with van der Waals surface area (Å²) in [4.78, 5) is 21.3. The molecule has 8 heteroatoms. The summed E-state index contributed by atoms with van der Waals surface area (Å²) in [5.41, 5.74) is 5.45. The van der Waals surface area contributed by atoms with E-state index in [1.807, 2.05) is 11.8 Å². The van der Waals surface area contributed by atoms with Gasteiger partial charge in [-0.15, -0.1) is 12.4 Å². The van der Waals surface area contributed by atoms with Crippen LogP contribution in [0.2, 0.25) is 0 Å². The summed E-state index contributed by atoms with van der Waals surface area (Å²) < 4.78 is 4.35. The van der Waals surface area contributed by atoms with Crippen LogP contribution in [-0.4, -0.2) is 51.9 Å². The van der Waals surface area contributed by atoms with Gasteiger partial charge < -0.3 is 15.5 Å². The van der Waals surface area contributed by atoms with Gasteiger partial charge in [-0.2, -0.15) is 4.37 Å². The molecule has 1 unspecified atom stereocenters. The second kappa shape index (κ2) is 8.80. The third kappa shape index (κ3) is 5.02. The lowest BCUT2D eigenvalue weighted by Crippen LogP contribution is -2.54. The highest BCUT2D eigenvalue weighted by molar-refractivity contribution is 7.09. The number of anilines is 1. The Morgan fingerprint density at radius 3 is 2.65 bits per heavy atom. The number of rotatable bonds is 5. The molecule has 2 rings (SSSR count). The molecular formula is C15H28ClN5OS. The zero-order valence-electron chi connectivity index (χ0n) is 14.2. The maximum Gasteiger partial charge on any atom is 0.242 e. The standard InChI is InChI=1S/C15H27N5OS.ClH/c1-4-7-15(3,16)13(21)19-8-6-9-20(11-10-19)14-17-12(5-2)18-22-14;/h4-11,16H2,1-3H3;1H. The fourth-order valence-electron chi connectivity index (χ4n) is 2.82. The van der Waals surface area contributed by atoms with E-state index in [1.165, 1.54) is 11.5 Å². The predicted octanol–water partition coefficient (Wildman–Crippen LogP) is 2.08. The fraction of sp³-hybridized carbons (Fsp3) is 0.800. The van der Waals surface area contributed by atoms with Crippen LogP contribution in [0.4, 0.5) is 5.13 Å². The summed E-state index contributed by atoms with van der Waals surface area (Å²) in [5, 5.41) is 0.968. The number of amides is 1. The molecule has 132 valence electrons. The summed E-state index contributed by atoms with van der Waals surface area (Å²) in [6.07, 6.45) is 3.44. The van der Waals surface area contributed by atoms with Crippen molar-refractivity contribution >= 4 is 35.0 Å². The van der Waals surface area contributed by atoms with E-state index in [4.69, 9.17) is 5.73 Å². The molecule has 0 spiro atoms. The Balaban J connectivity index is 0.00000264. The van der Waals surface area contributed by atoms with Crippen LogP contribution in [0.5, 0.6) is 0 Å². The third-order valence-corrected chi connectivity index (χ3v) is 4.90. The van der Waals surface area contributed by atoms with Gasteiger partial charge in [-0.05, 0) is 19.8 Å². The molecular weight excluding hydrogens is 334 g/mol. The first-order valence-corrected chi connectivity index (χ1v) is 8.91. The van der Waals surface area contributed by atoms with Gasteiger partial charge in [0.1, 0.15) is 5.82 Å². The van der Waals surface area contributed by atoms with Crippen molar-refractivity contribution in [2.45, 2.75) is 52.0 Å². The number of nitrogens with zero attached hydrogens (tertiary/aromatic N) is 4. The second-order valence-electron chi connectivity index (χ2n) is 6.15. The maximum absolute atomic E-state index is 12.6.